The highest BCUT2D eigenvalue weighted by Crippen LogP contribution is 2.31. The molecule has 0 unspecified atom stereocenters. The zero-order valence-electron chi connectivity index (χ0n) is 20.9. The Labute approximate surface area is 213 Å². The van der Waals surface area contributed by atoms with Crippen LogP contribution < -0.4 is 4.90 Å². The number of carbonyl (C=O) groups excluding carboxylic acids is 4. The van der Waals surface area contributed by atoms with Gasteiger partial charge in [0.25, 0.3) is 5.91 Å². The minimum Gasteiger partial charge on any atom is -0.469 e. The molecule has 0 atom stereocenters. The molecule has 2 amide bonds. The van der Waals surface area contributed by atoms with Crippen molar-refractivity contribution >= 4 is 35.1 Å². The van der Waals surface area contributed by atoms with Crippen LogP contribution in [0, 0.1) is 5.82 Å². The highest BCUT2D eigenvalue weighted by molar-refractivity contribution is 6.11. The van der Waals surface area contributed by atoms with Crippen molar-refractivity contribution in [1.29, 1.82) is 0 Å². The van der Waals surface area contributed by atoms with Crippen molar-refractivity contribution < 1.29 is 33.0 Å². The molecule has 0 N–H and O–H groups in total. The number of methoxy groups -OCH3 is 2. The van der Waals surface area contributed by atoms with Gasteiger partial charge in [-0.15, -0.1) is 0 Å². The van der Waals surface area contributed by atoms with E-state index >= 15 is 0 Å². The molecule has 3 rings (SSSR count). The molecule has 2 aromatic carbocycles. The third kappa shape index (κ3) is 6.54. The van der Waals surface area contributed by atoms with Crippen LogP contribution >= 0.6 is 0 Å². The van der Waals surface area contributed by atoms with E-state index in [2.05, 4.69) is 9.72 Å². The first kappa shape index (κ1) is 27.0. The molecule has 1 aromatic heterocycles. The maximum absolute atomic E-state index is 13.3. The second-order valence-corrected chi connectivity index (χ2v) is 8.23. The number of benzene rings is 2. The van der Waals surface area contributed by atoms with E-state index < -0.39 is 24.3 Å². The highest BCUT2D eigenvalue weighted by atomic mass is 19.1. The molecule has 0 fully saturated rings. The van der Waals surface area contributed by atoms with E-state index in [1.165, 1.54) is 54.6 Å². The third-order valence-corrected chi connectivity index (χ3v) is 5.42. The van der Waals surface area contributed by atoms with Crippen molar-refractivity contribution in [2.24, 2.45) is 0 Å². The number of aromatic nitrogens is 1. The number of pyridine rings is 1. The summed E-state index contributed by atoms with van der Waals surface area (Å²) in [6, 6.07) is 13.6. The van der Waals surface area contributed by atoms with E-state index in [1.807, 2.05) is 0 Å². The number of esters is 2. The Morgan fingerprint density at radius 2 is 1.54 bits per heavy atom. The molecule has 0 saturated carbocycles. The summed E-state index contributed by atoms with van der Waals surface area (Å²) in [7, 11) is 5.57. The van der Waals surface area contributed by atoms with Crippen molar-refractivity contribution in [2.45, 2.75) is 12.8 Å². The van der Waals surface area contributed by atoms with Crippen LogP contribution in [0.5, 0.6) is 0 Å². The monoisotopic (exact) mass is 507 g/mol. The summed E-state index contributed by atoms with van der Waals surface area (Å²) in [6.45, 7) is 0. The normalized spacial score (nSPS) is 10.4. The lowest BCUT2D eigenvalue weighted by molar-refractivity contribution is -0.143. The van der Waals surface area contributed by atoms with Gasteiger partial charge in [0.2, 0.25) is 5.91 Å². The maximum Gasteiger partial charge on any atom is 0.358 e. The Morgan fingerprint density at radius 3 is 2.11 bits per heavy atom. The van der Waals surface area contributed by atoms with Crippen LogP contribution in [-0.4, -0.2) is 62.0 Å². The van der Waals surface area contributed by atoms with Crippen molar-refractivity contribution in [1.82, 2.24) is 9.88 Å². The molecule has 3 aromatic rings. The lowest BCUT2D eigenvalue weighted by Gasteiger charge is -2.25. The number of hydrogen-bond acceptors (Lipinski definition) is 7. The number of nitrogens with zero attached hydrogens (tertiary/aromatic N) is 3. The van der Waals surface area contributed by atoms with E-state index in [0.717, 1.165) is 17.6 Å². The fourth-order valence-electron chi connectivity index (χ4n) is 3.56. The predicted molar refractivity (Wildman–Crippen MR) is 133 cm³/mol. The first-order chi connectivity index (χ1) is 17.6. The second kappa shape index (κ2) is 11.9. The molecule has 1 heterocycles. The van der Waals surface area contributed by atoms with Crippen LogP contribution in [0.3, 0.4) is 0 Å². The van der Waals surface area contributed by atoms with Gasteiger partial charge in [-0.1, -0.05) is 12.1 Å². The van der Waals surface area contributed by atoms with Gasteiger partial charge < -0.3 is 14.4 Å². The van der Waals surface area contributed by atoms with Gasteiger partial charge in [0.1, 0.15) is 12.2 Å². The number of ether oxygens (including phenoxy) is 2. The SMILES string of the molecule is COC(=O)CC(=O)N(c1ccc(C(=O)N(C)C)cc1)c1cc(Cc2ccc(F)cc2)cnc1C(=O)OC. The standard InChI is InChI=1S/C27H26FN3O6/c1-30(2)26(34)19-7-11-21(12-8-19)31(23(32)15-24(33)36-3)22-14-18(16-29-25(22)27(35)37-4)13-17-5-9-20(28)10-6-17/h5-12,14,16H,13,15H2,1-4H3. The van der Waals surface area contributed by atoms with E-state index in [1.54, 1.807) is 32.3 Å². The number of amides is 2. The van der Waals surface area contributed by atoms with E-state index in [9.17, 15) is 23.6 Å². The Hall–Kier alpha value is -4.60. The molecule has 0 spiro atoms. The summed E-state index contributed by atoms with van der Waals surface area (Å²) in [6.07, 6.45) is 1.18. The molecular formula is C27H26FN3O6. The summed E-state index contributed by atoms with van der Waals surface area (Å²) < 4.78 is 22.9. The summed E-state index contributed by atoms with van der Waals surface area (Å²) in [5, 5.41) is 0. The fraction of sp³-hybridized carbons (Fsp3) is 0.222. The molecule has 9 nitrogen and oxygen atoms in total. The summed E-state index contributed by atoms with van der Waals surface area (Å²) in [5.74, 6) is -2.87. The number of halogens is 1. The van der Waals surface area contributed by atoms with Crippen molar-refractivity contribution in [3.05, 3.63) is 89.0 Å². The van der Waals surface area contributed by atoms with E-state index in [-0.39, 0.29) is 28.8 Å². The maximum atomic E-state index is 13.3. The molecular weight excluding hydrogens is 481 g/mol. The zero-order chi connectivity index (χ0) is 27.1. The molecule has 0 bridgehead atoms. The van der Waals surface area contributed by atoms with E-state index in [4.69, 9.17) is 4.74 Å². The number of anilines is 2. The topological polar surface area (TPSA) is 106 Å². The molecule has 0 aliphatic rings. The van der Waals surface area contributed by atoms with Crippen molar-refractivity contribution in [3.63, 3.8) is 0 Å². The smallest absolute Gasteiger partial charge is 0.358 e. The van der Waals surface area contributed by atoms with Gasteiger partial charge in [-0.05, 0) is 60.0 Å². The second-order valence-electron chi connectivity index (χ2n) is 8.23. The minimum atomic E-state index is -0.793. The largest absolute Gasteiger partial charge is 0.469 e. The zero-order valence-corrected chi connectivity index (χ0v) is 20.9. The number of carbonyl (C=O) groups is 4. The molecule has 0 radical (unpaired) electrons. The lowest BCUT2D eigenvalue weighted by Crippen LogP contribution is -2.30. The van der Waals surface area contributed by atoms with Gasteiger partial charge >= 0.3 is 11.9 Å². The van der Waals surface area contributed by atoms with Gasteiger partial charge in [0, 0.05) is 31.5 Å². The van der Waals surface area contributed by atoms with Crippen LogP contribution in [0.4, 0.5) is 15.8 Å². The highest BCUT2D eigenvalue weighted by Gasteiger charge is 2.28. The average molecular weight is 508 g/mol. The fourth-order valence-corrected chi connectivity index (χ4v) is 3.56. The molecule has 192 valence electrons. The van der Waals surface area contributed by atoms with Crippen LogP contribution in [0.1, 0.15) is 38.4 Å². The molecule has 10 heteroatoms. The Bertz CT molecular complexity index is 1310. The minimum absolute atomic E-state index is 0.0760. The van der Waals surface area contributed by atoms with Crippen LogP contribution in [-0.2, 0) is 25.5 Å². The van der Waals surface area contributed by atoms with Crippen molar-refractivity contribution in [2.75, 3.05) is 33.2 Å². The molecule has 37 heavy (non-hydrogen) atoms. The Morgan fingerprint density at radius 1 is 0.892 bits per heavy atom. The van der Waals surface area contributed by atoms with Gasteiger partial charge in [-0.2, -0.15) is 0 Å². The summed E-state index contributed by atoms with van der Waals surface area (Å²) in [5.41, 5.74) is 1.98. The van der Waals surface area contributed by atoms with Crippen LogP contribution in [0.15, 0.2) is 60.8 Å². The van der Waals surface area contributed by atoms with Crippen molar-refractivity contribution in [3.8, 4) is 0 Å². The first-order valence-corrected chi connectivity index (χ1v) is 11.2. The van der Waals surface area contributed by atoms with Gasteiger partial charge in [-0.25, -0.2) is 14.2 Å². The van der Waals surface area contributed by atoms with Gasteiger partial charge in [-0.3, -0.25) is 19.3 Å². The lowest BCUT2D eigenvalue weighted by atomic mass is 10.0. The summed E-state index contributed by atoms with van der Waals surface area (Å²) in [4.78, 5) is 57.0. The summed E-state index contributed by atoms with van der Waals surface area (Å²) >= 11 is 0. The number of hydrogen-bond donors (Lipinski definition) is 0. The van der Waals surface area contributed by atoms with Crippen LogP contribution in [0.25, 0.3) is 0 Å². The Kier molecular flexibility index (Phi) is 8.68. The predicted octanol–water partition coefficient (Wildman–Crippen LogP) is 3.53. The number of rotatable bonds is 8. The molecule has 0 saturated heterocycles. The quantitative estimate of drug-likeness (QED) is 0.339. The first-order valence-electron chi connectivity index (χ1n) is 11.2. The molecule has 0 aliphatic heterocycles. The molecule has 0 aliphatic carbocycles. The average Bonchev–Trinajstić information content (AvgIpc) is 2.89. The van der Waals surface area contributed by atoms with Gasteiger partial charge in [0.05, 0.1) is 19.9 Å². The van der Waals surface area contributed by atoms with E-state index in [0.29, 0.717) is 17.5 Å². The Balaban J connectivity index is 2.14. The van der Waals surface area contributed by atoms with Gasteiger partial charge in [0.15, 0.2) is 5.69 Å². The third-order valence-electron chi connectivity index (χ3n) is 5.42. The van der Waals surface area contributed by atoms with Crippen LogP contribution in [0.2, 0.25) is 0 Å².